The molecule has 5 rings (SSSR count). The summed E-state index contributed by atoms with van der Waals surface area (Å²) in [6.07, 6.45) is 0. The molecule has 1 atom stereocenters. The first-order chi connectivity index (χ1) is 20.1. The van der Waals surface area contributed by atoms with Crippen molar-refractivity contribution in [2.45, 2.75) is 33.4 Å². The Labute approximate surface area is 244 Å². The quantitative estimate of drug-likeness (QED) is 0.0658. The van der Waals surface area contributed by atoms with Gasteiger partial charge < -0.3 is 9.84 Å². The summed E-state index contributed by atoms with van der Waals surface area (Å²) in [6.45, 7) is 5.33. The molecule has 0 spiro atoms. The molecule has 0 saturated carbocycles. The molecule has 10 nitrogen and oxygen atoms in total. The maximum Gasteiger partial charge on any atom is 0.301 e. The number of aryl methyl sites for hydroxylation is 2. The number of ketones is 2. The van der Waals surface area contributed by atoms with Crippen LogP contribution in [0.3, 0.4) is 0 Å². The summed E-state index contributed by atoms with van der Waals surface area (Å²) in [5.74, 6) is -2.03. The lowest BCUT2D eigenvalue weighted by atomic mass is 9.95. The predicted octanol–water partition coefficient (Wildman–Crippen LogP) is 6.08. The SMILES string of the molecule is CC(=O)c1sc(N2C(=O)C(=O)C(=C(O)c3ccc(OCc4ccccc4C)cc3)C2c2ccc([N+](=O)[O-])cc2)nc1C. The van der Waals surface area contributed by atoms with Gasteiger partial charge in [-0.15, -0.1) is 0 Å². The number of nitro benzene ring substituents is 1. The van der Waals surface area contributed by atoms with E-state index < -0.39 is 28.4 Å². The fourth-order valence-corrected chi connectivity index (χ4v) is 5.72. The topological polar surface area (TPSA) is 140 Å². The lowest BCUT2D eigenvalue weighted by Gasteiger charge is -2.23. The van der Waals surface area contributed by atoms with Crippen LogP contribution in [0.5, 0.6) is 5.75 Å². The van der Waals surface area contributed by atoms with Crippen molar-refractivity contribution in [3.8, 4) is 5.75 Å². The fraction of sp³-hybridized carbons (Fsp3) is 0.161. The van der Waals surface area contributed by atoms with E-state index in [2.05, 4.69) is 4.98 Å². The Kier molecular flexibility index (Phi) is 7.68. The number of nitrogens with zero attached hydrogens (tertiary/aromatic N) is 3. The van der Waals surface area contributed by atoms with Gasteiger partial charge in [0.1, 0.15) is 18.1 Å². The van der Waals surface area contributed by atoms with Gasteiger partial charge in [-0.3, -0.25) is 29.4 Å². The highest BCUT2D eigenvalue weighted by Gasteiger charge is 2.48. The van der Waals surface area contributed by atoms with Crippen molar-refractivity contribution in [3.05, 3.63) is 121 Å². The average molecular weight is 584 g/mol. The van der Waals surface area contributed by atoms with Crippen LogP contribution in [0.25, 0.3) is 5.76 Å². The molecule has 0 aliphatic carbocycles. The first-order valence-corrected chi connectivity index (χ1v) is 13.7. The summed E-state index contributed by atoms with van der Waals surface area (Å²) >= 11 is 0.956. The van der Waals surface area contributed by atoms with E-state index in [-0.39, 0.29) is 27.7 Å². The molecule has 212 valence electrons. The zero-order valence-electron chi connectivity index (χ0n) is 22.9. The molecule has 0 bridgehead atoms. The number of amides is 1. The van der Waals surface area contributed by atoms with Gasteiger partial charge in [0.25, 0.3) is 11.5 Å². The van der Waals surface area contributed by atoms with Crippen molar-refractivity contribution in [1.29, 1.82) is 0 Å². The molecule has 11 heteroatoms. The van der Waals surface area contributed by atoms with Crippen LogP contribution in [0.2, 0.25) is 0 Å². The minimum absolute atomic E-state index is 0.0992. The molecule has 1 amide bonds. The number of carbonyl (C=O) groups excluding carboxylic acids is 3. The smallest absolute Gasteiger partial charge is 0.301 e. The monoisotopic (exact) mass is 583 g/mol. The summed E-state index contributed by atoms with van der Waals surface area (Å²) < 4.78 is 5.88. The van der Waals surface area contributed by atoms with Crippen LogP contribution in [0.15, 0.2) is 78.4 Å². The highest BCUT2D eigenvalue weighted by molar-refractivity contribution is 7.18. The highest BCUT2D eigenvalue weighted by Crippen LogP contribution is 2.44. The third kappa shape index (κ3) is 5.29. The van der Waals surface area contributed by atoms with Gasteiger partial charge in [0.2, 0.25) is 0 Å². The van der Waals surface area contributed by atoms with Crippen molar-refractivity contribution in [1.82, 2.24) is 4.98 Å². The Hall–Kier alpha value is -5.16. The molecule has 1 unspecified atom stereocenters. The number of hydrogen-bond donors (Lipinski definition) is 1. The van der Waals surface area contributed by atoms with Gasteiger partial charge in [-0.1, -0.05) is 35.6 Å². The number of Topliss-reactive ketones (excluding diaryl/α,β-unsaturated/α-hetero) is 2. The van der Waals surface area contributed by atoms with Crippen molar-refractivity contribution >= 4 is 45.4 Å². The number of aliphatic hydroxyl groups excluding tert-OH is 1. The molecule has 1 N–H and O–H groups in total. The van der Waals surface area contributed by atoms with Crippen LogP contribution in [0, 0.1) is 24.0 Å². The Morgan fingerprint density at radius 1 is 1.05 bits per heavy atom. The molecular weight excluding hydrogens is 558 g/mol. The number of ether oxygens (including phenoxy) is 1. The second-order valence-electron chi connectivity index (χ2n) is 9.72. The molecule has 1 saturated heterocycles. The minimum atomic E-state index is -1.15. The molecule has 2 heterocycles. The van der Waals surface area contributed by atoms with Gasteiger partial charge in [0.15, 0.2) is 10.9 Å². The standard InChI is InChI=1S/C31H25N3O7S/c1-17-6-4-5-7-22(17)16-41-24-14-10-21(11-15-24)27(36)25-26(20-8-12-23(13-9-20)34(39)40)33(30(38)28(25)37)31-32-18(2)29(42-31)19(3)35/h4-15,26,36H,16H2,1-3H3. The first-order valence-electron chi connectivity index (χ1n) is 12.9. The zero-order valence-corrected chi connectivity index (χ0v) is 23.7. The summed E-state index contributed by atoms with van der Waals surface area (Å²) in [7, 11) is 0. The molecule has 1 aliphatic heterocycles. The van der Waals surface area contributed by atoms with E-state index in [0.717, 1.165) is 27.4 Å². The number of anilines is 1. The van der Waals surface area contributed by atoms with E-state index in [9.17, 15) is 29.6 Å². The van der Waals surface area contributed by atoms with Crippen LogP contribution < -0.4 is 9.64 Å². The van der Waals surface area contributed by atoms with Crippen LogP contribution in [-0.2, 0) is 16.2 Å². The van der Waals surface area contributed by atoms with Crippen LogP contribution in [-0.4, -0.2) is 32.5 Å². The maximum absolute atomic E-state index is 13.4. The number of carbonyl (C=O) groups is 3. The van der Waals surface area contributed by atoms with Gasteiger partial charge >= 0.3 is 5.91 Å². The molecule has 0 radical (unpaired) electrons. The summed E-state index contributed by atoms with van der Waals surface area (Å²) in [5.41, 5.74) is 2.74. The van der Waals surface area contributed by atoms with Crippen molar-refractivity contribution < 1.29 is 29.2 Å². The van der Waals surface area contributed by atoms with E-state index in [4.69, 9.17) is 4.74 Å². The second-order valence-corrected chi connectivity index (χ2v) is 10.7. The van der Waals surface area contributed by atoms with E-state index in [1.807, 2.05) is 31.2 Å². The molecular formula is C31H25N3O7S. The Morgan fingerprint density at radius 3 is 2.31 bits per heavy atom. The lowest BCUT2D eigenvalue weighted by Crippen LogP contribution is -2.29. The third-order valence-corrected chi connectivity index (χ3v) is 8.22. The minimum Gasteiger partial charge on any atom is -0.507 e. The number of nitro groups is 1. The molecule has 4 aromatic rings. The summed E-state index contributed by atoms with van der Waals surface area (Å²) in [6, 6.07) is 18.5. The van der Waals surface area contributed by atoms with E-state index >= 15 is 0 Å². The first kappa shape index (κ1) is 28.4. The Morgan fingerprint density at radius 2 is 1.71 bits per heavy atom. The molecule has 1 fully saturated rings. The number of non-ortho nitro benzene ring substituents is 1. The van der Waals surface area contributed by atoms with Gasteiger partial charge in [-0.2, -0.15) is 0 Å². The van der Waals surface area contributed by atoms with Gasteiger partial charge in [0, 0.05) is 24.6 Å². The van der Waals surface area contributed by atoms with Crippen LogP contribution >= 0.6 is 11.3 Å². The number of thiazole rings is 1. The summed E-state index contributed by atoms with van der Waals surface area (Å²) in [4.78, 5) is 55.4. The second kappa shape index (κ2) is 11.4. The van der Waals surface area contributed by atoms with E-state index in [0.29, 0.717) is 28.5 Å². The summed E-state index contributed by atoms with van der Waals surface area (Å²) in [5, 5.41) is 22.7. The van der Waals surface area contributed by atoms with Crippen LogP contribution in [0.1, 0.15) is 50.6 Å². The molecule has 1 aromatic heterocycles. The van der Waals surface area contributed by atoms with Crippen molar-refractivity contribution in [3.63, 3.8) is 0 Å². The number of rotatable bonds is 8. The highest BCUT2D eigenvalue weighted by atomic mass is 32.1. The fourth-order valence-electron chi connectivity index (χ4n) is 4.73. The number of aliphatic hydroxyl groups is 1. The Bertz CT molecular complexity index is 1760. The molecule has 1 aliphatic rings. The number of aromatic nitrogens is 1. The van der Waals surface area contributed by atoms with E-state index in [1.54, 1.807) is 31.2 Å². The van der Waals surface area contributed by atoms with Crippen molar-refractivity contribution in [2.75, 3.05) is 4.90 Å². The van der Waals surface area contributed by atoms with Crippen molar-refractivity contribution in [2.24, 2.45) is 0 Å². The number of benzene rings is 3. The molecule has 42 heavy (non-hydrogen) atoms. The van der Waals surface area contributed by atoms with Gasteiger partial charge in [0.05, 0.1) is 27.1 Å². The average Bonchev–Trinajstić information content (AvgIpc) is 3.49. The van der Waals surface area contributed by atoms with Crippen LogP contribution in [0.4, 0.5) is 10.8 Å². The van der Waals surface area contributed by atoms with Gasteiger partial charge in [-0.05, 0) is 66.9 Å². The predicted molar refractivity (Wildman–Crippen MR) is 157 cm³/mol. The zero-order chi connectivity index (χ0) is 30.1. The largest absolute Gasteiger partial charge is 0.507 e. The van der Waals surface area contributed by atoms with E-state index in [1.165, 1.54) is 31.2 Å². The molecule has 3 aromatic carbocycles. The van der Waals surface area contributed by atoms with Gasteiger partial charge in [-0.25, -0.2) is 4.98 Å². The maximum atomic E-state index is 13.4. The Balaban J connectivity index is 1.55. The third-order valence-electron chi connectivity index (χ3n) is 6.96. The number of hydrogen-bond acceptors (Lipinski definition) is 9. The lowest BCUT2D eigenvalue weighted by molar-refractivity contribution is -0.384. The normalized spacial score (nSPS) is 16.1.